The predicted molar refractivity (Wildman–Crippen MR) is 121 cm³/mol. The smallest absolute Gasteiger partial charge is 0.191 e. The van der Waals surface area contributed by atoms with Gasteiger partial charge in [0, 0.05) is 26.1 Å². The van der Waals surface area contributed by atoms with Gasteiger partial charge in [-0.2, -0.15) is 5.10 Å². The van der Waals surface area contributed by atoms with Gasteiger partial charge in [-0.3, -0.25) is 9.67 Å². The summed E-state index contributed by atoms with van der Waals surface area (Å²) in [6.07, 6.45) is 7.95. The second-order valence-corrected chi connectivity index (χ2v) is 7.29. The number of aliphatic imine (C=N–C) groups is 1. The summed E-state index contributed by atoms with van der Waals surface area (Å²) in [5.74, 6) is 1.70. The maximum atomic E-state index is 4.38. The van der Waals surface area contributed by atoms with Crippen LogP contribution in [0.3, 0.4) is 0 Å². The van der Waals surface area contributed by atoms with Crippen LogP contribution in [-0.2, 0) is 19.0 Å². The fourth-order valence-corrected chi connectivity index (χ4v) is 3.89. The zero-order valence-corrected chi connectivity index (χ0v) is 18.9. The second kappa shape index (κ2) is 10.1. The summed E-state index contributed by atoms with van der Waals surface area (Å²) < 4.78 is 1.77. The molecule has 1 aromatic heterocycles. The molecule has 0 atom stereocenters. The third kappa shape index (κ3) is 5.43. The summed E-state index contributed by atoms with van der Waals surface area (Å²) in [5.41, 5.74) is 2.97. The normalized spacial score (nSPS) is 16.5. The van der Waals surface area contributed by atoms with Gasteiger partial charge < -0.3 is 10.6 Å². The third-order valence-corrected chi connectivity index (χ3v) is 5.48. The Morgan fingerprint density at radius 1 is 1.22 bits per heavy atom. The number of rotatable bonds is 5. The average molecular weight is 482 g/mol. The van der Waals surface area contributed by atoms with Gasteiger partial charge in [0.25, 0.3) is 0 Å². The Morgan fingerprint density at radius 3 is 2.63 bits per heavy atom. The molecule has 1 aliphatic rings. The summed E-state index contributed by atoms with van der Waals surface area (Å²) in [7, 11) is 3.71. The highest BCUT2D eigenvalue weighted by Gasteiger charge is 2.34. The number of hydrogen-bond donors (Lipinski definition) is 2. The number of hydrogen-bond acceptors (Lipinski definition) is 3. The minimum atomic E-state index is 0. The molecule has 3 rings (SSSR count). The van der Waals surface area contributed by atoms with Crippen LogP contribution in [0.4, 0.5) is 0 Å². The summed E-state index contributed by atoms with van der Waals surface area (Å²) >= 11 is 0. The first-order valence-corrected chi connectivity index (χ1v) is 9.47. The lowest BCUT2D eigenvalue weighted by Crippen LogP contribution is -2.46. The van der Waals surface area contributed by atoms with E-state index in [9.17, 15) is 0 Å². The van der Waals surface area contributed by atoms with Crippen LogP contribution in [0.15, 0.2) is 35.6 Å². The lowest BCUT2D eigenvalue weighted by Gasteiger charge is -2.38. The number of aryl methyl sites for hydroxylation is 2. The maximum absolute atomic E-state index is 4.38. The number of guanidine groups is 1. The van der Waals surface area contributed by atoms with Crippen molar-refractivity contribution in [3.8, 4) is 0 Å². The number of halogens is 1. The second-order valence-electron chi connectivity index (χ2n) is 7.29. The monoisotopic (exact) mass is 482 g/mol. The standard InChI is InChI=1S/C20H30N6.HI/c1-16-8-7-9-17(12-16)20(10-5-4-6-11-20)14-23-19(21-2)22-13-18-24-15-25-26(18)3;/h7-9,12,15H,4-6,10-11,13-14H2,1-3H3,(H2,21,22,23);1H. The molecular formula is C20H31IN6. The van der Waals surface area contributed by atoms with E-state index in [1.54, 1.807) is 11.0 Å². The highest BCUT2D eigenvalue weighted by atomic mass is 127. The van der Waals surface area contributed by atoms with Crippen molar-refractivity contribution in [3.05, 3.63) is 47.5 Å². The first-order chi connectivity index (χ1) is 12.6. The fraction of sp³-hybridized carbons (Fsp3) is 0.550. The van der Waals surface area contributed by atoms with Gasteiger partial charge in [-0.1, -0.05) is 49.1 Å². The lowest BCUT2D eigenvalue weighted by atomic mass is 9.69. The van der Waals surface area contributed by atoms with Crippen LogP contribution in [0, 0.1) is 6.92 Å². The Bertz CT molecular complexity index is 748. The van der Waals surface area contributed by atoms with E-state index in [1.165, 1.54) is 43.2 Å². The van der Waals surface area contributed by atoms with E-state index < -0.39 is 0 Å². The third-order valence-electron chi connectivity index (χ3n) is 5.48. The molecule has 2 N–H and O–H groups in total. The molecule has 1 aromatic carbocycles. The van der Waals surface area contributed by atoms with Crippen LogP contribution < -0.4 is 10.6 Å². The zero-order valence-electron chi connectivity index (χ0n) is 16.5. The van der Waals surface area contributed by atoms with E-state index in [4.69, 9.17) is 0 Å². The largest absolute Gasteiger partial charge is 0.356 e. The van der Waals surface area contributed by atoms with Crippen molar-refractivity contribution in [3.63, 3.8) is 0 Å². The molecule has 0 spiro atoms. The van der Waals surface area contributed by atoms with E-state index in [-0.39, 0.29) is 29.4 Å². The quantitative estimate of drug-likeness (QED) is 0.390. The van der Waals surface area contributed by atoms with Gasteiger partial charge in [-0.15, -0.1) is 24.0 Å². The van der Waals surface area contributed by atoms with Gasteiger partial charge in [0.05, 0.1) is 6.54 Å². The maximum Gasteiger partial charge on any atom is 0.191 e. The van der Waals surface area contributed by atoms with Crippen molar-refractivity contribution in [2.24, 2.45) is 12.0 Å². The van der Waals surface area contributed by atoms with Gasteiger partial charge >= 0.3 is 0 Å². The van der Waals surface area contributed by atoms with E-state index in [0.717, 1.165) is 18.3 Å². The Kier molecular flexibility index (Phi) is 8.07. The molecule has 0 aliphatic heterocycles. The first-order valence-electron chi connectivity index (χ1n) is 9.47. The molecule has 0 unspecified atom stereocenters. The van der Waals surface area contributed by atoms with Crippen LogP contribution in [-0.4, -0.2) is 34.3 Å². The van der Waals surface area contributed by atoms with Gasteiger partial charge in [0.15, 0.2) is 5.96 Å². The summed E-state index contributed by atoms with van der Waals surface area (Å²) in [6, 6.07) is 9.00. The van der Waals surface area contributed by atoms with Crippen molar-refractivity contribution >= 4 is 29.9 Å². The predicted octanol–water partition coefficient (Wildman–Crippen LogP) is 3.31. The number of nitrogens with zero attached hydrogens (tertiary/aromatic N) is 4. The highest BCUT2D eigenvalue weighted by molar-refractivity contribution is 14.0. The molecule has 0 amide bonds. The molecule has 1 aliphatic carbocycles. The molecule has 2 aromatic rings. The molecular weight excluding hydrogens is 451 g/mol. The van der Waals surface area contributed by atoms with Gasteiger partial charge in [0.1, 0.15) is 12.2 Å². The summed E-state index contributed by atoms with van der Waals surface area (Å²) in [5, 5.41) is 11.0. The fourth-order valence-electron chi connectivity index (χ4n) is 3.89. The van der Waals surface area contributed by atoms with Crippen molar-refractivity contribution in [1.82, 2.24) is 25.4 Å². The summed E-state index contributed by atoms with van der Waals surface area (Å²) in [4.78, 5) is 8.63. The molecule has 27 heavy (non-hydrogen) atoms. The SMILES string of the molecule is CN=C(NCc1ncnn1C)NCC1(c2cccc(C)c2)CCCCC1.I. The van der Waals surface area contributed by atoms with Crippen molar-refractivity contribution < 1.29 is 0 Å². The van der Waals surface area contributed by atoms with Crippen molar-refractivity contribution in [2.75, 3.05) is 13.6 Å². The molecule has 7 heteroatoms. The van der Waals surface area contributed by atoms with E-state index in [0.29, 0.717) is 6.54 Å². The Hall–Kier alpha value is -1.64. The van der Waals surface area contributed by atoms with Crippen LogP contribution in [0.25, 0.3) is 0 Å². The first kappa shape index (κ1) is 21.7. The Labute approximate surface area is 179 Å². The van der Waals surface area contributed by atoms with Gasteiger partial charge in [-0.05, 0) is 25.3 Å². The van der Waals surface area contributed by atoms with E-state index >= 15 is 0 Å². The summed E-state index contributed by atoms with van der Waals surface area (Å²) in [6.45, 7) is 3.68. The van der Waals surface area contributed by atoms with Crippen LogP contribution in [0.1, 0.15) is 49.1 Å². The molecule has 1 fully saturated rings. The van der Waals surface area contributed by atoms with Gasteiger partial charge in [-0.25, -0.2) is 4.98 Å². The minimum Gasteiger partial charge on any atom is -0.356 e. The van der Waals surface area contributed by atoms with Crippen LogP contribution in [0.5, 0.6) is 0 Å². The molecule has 0 saturated heterocycles. The number of nitrogens with one attached hydrogen (secondary N) is 2. The lowest BCUT2D eigenvalue weighted by molar-refractivity contribution is 0.291. The number of aromatic nitrogens is 3. The Balaban J connectivity index is 0.00000261. The van der Waals surface area contributed by atoms with Crippen molar-refractivity contribution in [2.45, 2.75) is 51.0 Å². The van der Waals surface area contributed by atoms with E-state index in [1.807, 2.05) is 14.1 Å². The molecule has 0 radical (unpaired) electrons. The highest BCUT2D eigenvalue weighted by Crippen LogP contribution is 2.39. The van der Waals surface area contributed by atoms with Gasteiger partial charge in [0.2, 0.25) is 0 Å². The van der Waals surface area contributed by atoms with Crippen molar-refractivity contribution in [1.29, 1.82) is 0 Å². The zero-order chi connectivity index (χ0) is 18.4. The minimum absolute atomic E-state index is 0. The molecule has 0 bridgehead atoms. The molecule has 148 valence electrons. The topological polar surface area (TPSA) is 67.1 Å². The number of benzene rings is 1. The average Bonchev–Trinajstić information content (AvgIpc) is 3.07. The molecule has 1 heterocycles. The van der Waals surface area contributed by atoms with Crippen LogP contribution in [0.2, 0.25) is 0 Å². The molecule has 1 saturated carbocycles. The molecule has 6 nitrogen and oxygen atoms in total. The van der Waals surface area contributed by atoms with E-state index in [2.05, 4.69) is 56.9 Å². The Morgan fingerprint density at radius 2 is 2.00 bits per heavy atom. The van der Waals surface area contributed by atoms with Crippen LogP contribution >= 0.6 is 24.0 Å².